The molecule has 4 heteroatoms. The van der Waals surface area contributed by atoms with Crippen LogP contribution >= 0.6 is 0 Å². The van der Waals surface area contributed by atoms with E-state index in [0.717, 1.165) is 23.3 Å². The first-order chi connectivity index (χ1) is 10.1. The van der Waals surface area contributed by atoms with Crippen LogP contribution < -0.4 is 0 Å². The number of nitrogens with zero attached hydrogens (tertiary/aromatic N) is 2. The van der Waals surface area contributed by atoms with Crippen molar-refractivity contribution in [3.63, 3.8) is 0 Å². The Bertz CT molecular complexity index is 643. The summed E-state index contributed by atoms with van der Waals surface area (Å²) in [5.41, 5.74) is 3.13. The van der Waals surface area contributed by atoms with Gasteiger partial charge in [0.25, 0.3) is 0 Å². The lowest BCUT2D eigenvalue weighted by molar-refractivity contribution is -0.117. The van der Waals surface area contributed by atoms with Crippen LogP contribution in [0.4, 0.5) is 4.39 Å². The minimum Gasteiger partial charge on any atom is -0.368 e. The van der Waals surface area contributed by atoms with E-state index in [4.69, 9.17) is 0 Å². The SMILES string of the molecule is CC(=O)CCN1C=CC2=NC=C(c3ccc(F)cc3)CC21. The molecular weight excluding hydrogens is 267 g/mol. The number of rotatable bonds is 4. The number of aliphatic imine (C=N–C) groups is 1. The second-order valence-electron chi connectivity index (χ2n) is 5.44. The molecule has 0 saturated heterocycles. The van der Waals surface area contributed by atoms with Crippen molar-refractivity contribution in [2.24, 2.45) is 4.99 Å². The average Bonchev–Trinajstić information content (AvgIpc) is 2.88. The third-order valence-corrected chi connectivity index (χ3v) is 3.90. The highest BCUT2D eigenvalue weighted by Crippen LogP contribution is 2.30. The predicted molar refractivity (Wildman–Crippen MR) is 81.4 cm³/mol. The van der Waals surface area contributed by atoms with Crippen molar-refractivity contribution >= 4 is 17.1 Å². The summed E-state index contributed by atoms with van der Waals surface area (Å²) in [5.74, 6) is -0.0381. The molecule has 3 nitrogen and oxygen atoms in total. The van der Waals surface area contributed by atoms with Gasteiger partial charge in [0.2, 0.25) is 0 Å². The minimum absolute atomic E-state index is 0.189. The van der Waals surface area contributed by atoms with Crippen molar-refractivity contribution in [3.05, 3.63) is 54.1 Å². The number of carbonyl (C=O) groups excluding carboxylic acids is 1. The van der Waals surface area contributed by atoms with Gasteiger partial charge in [-0.3, -0.25) is 9.79 Å². The summed E-state index contributed by atoms with van der Waals surface area (Å²) in [4.78, 5) is 17.8. The zero-order chi connectivity index (χ0) is 14.8. The van der Waals surface area contributed by atoms with Crippen molar-refractivity contribution in [2.45, 2.75) is 25.8 Å². The molecular formula is C17H17FN2O. The van der Waals surface area contributed by atoms with Crippen molar-refractivity contribution in [1.82, 2.24) is 4.90 Å². The lowest BCUT2D eigenvalue weighted by atomic mass is 9.95. The molecule has 21 heavy (non-hydrogen) atoms. The first kappa shape index (κ1) is 13.7. The largest absolute Gasteiger partial charge is 0.368 e. The highest BCUT2D eigenvalue weighted by molar-refractivity contribution is 6.04. The van der Waals surface area contributed by atoms with Gasteiger partial charge in [-0.25, -0.2) is 4.39 Å². The van der Waals surface area contributed by atoms with Crippen LogP contribution in [0.15, 0.2) is 47.7 Å². The van der Waals surface area contributed by atoms with Gasteiger partial charge in [-0.1, -0.05) is 12.1 Å². The number of carbonyl (C=O) groups is 1. The summed E-state index contributed by atoms with van der Waals surface area (Å²) in [7, 11) is 0. The maximum Gasteiger partial charge on any atom is 0.131 e. The summed E-state index contributed by atoms with van der Waals surface area (Å²) < 4.78 is 13.0. The molecule has 0 radical (unpaired) electrons. The molecule has 0 bridgehead atoms. The van der Waals surface area contributed by atoms with Crippen molar-refractivity contribution in [1.29, 1.82) is 0 Å². The molecule has 0 aromatic heterocycles. The second-order valence-corrected chi connectivity index (χ2v) is 5.44. The molecule has 108 valence electrons. The first-order valence-corrected chi connectivity index (χ1v) is 7.09. The first-order valence-electron chi connectivity index (χ1n) is 7.09. The van der Waals surface area contributed by atoms with E-state index in [0.29, 0.717) is 13.0 Å². The number of hydrogen-bond donors (Lipinski definition) is 0. The zero-order valence-electron chi connectivity index (χ0n) is 11.9. The Hall–Kier alpha value is -2.23. The van der Waals surface area contributed by atoms with Gasteiger partial charge in [0.05, 0.1) is 11.8 Å². The van der Waals surface area contributed by atoms with Crippen LogP contribution in [-0.2, 0) is 4.79 Å². The van der Waals surface area contributed by atoms with E-state index in [9.17, 15) is 9.18 Å². The van der Waals surface area contributed by atoms with Gasteiger partial charge in [-0.2, -0.15) is 0 Å². The predicted octanol–water partition coefficient (Wildman–Crippen LogP) is 3.19. The highest BCUT2D eigenvalue weighted by atomic mass is 19.1. The molecule has 0 aliphatic carbocycles. The molecule has 0 amide bonds. The van der Waals surface area contributed by atoms with E-state index in [1.807, 2.05) is 18.5 Å². The molecule has 1 unspecified atom stereocenters. The average molecular weight is 284 g/mol. The maximum atomic E-state index is 13.0. The molecule has 2 heterocycles. The van der Waals surface area contributed by atoms with E-state index in [2.05, 4.69) is 9.89 Å². The molecule has 1 atom stereocenters. The van der Waals surface area contributed by atoms with Gasteiger partial charge >= 0.3 is 0 Å². The van der Waals surface area contributed by atoms with Crippen LogP contribution in [0.3, 0.4) is 0 Å². The normalized spacial score (nSPS) is 20.1. The van der Waals surface area contributed by atoms with Crippen LogP contribution in [0.5, 0.6) is 0 Å². The molecule has 2 aliphatic rings. The molecule has 1 aromatic rings. The third-order valence-electron chi connectivity index (χ3n) is 3.90. The van der Waals surface area contributed by atoms with Crippen molar-refractivity contribution < 1.29 is 9.18 Å². The quantitative estimate of drug-likeness (QED) is 0.850. The standard InChI is InChI=1S/C17H17FN2O/c1-12(21)6-8-20-9-7-16-17(20)10-14(11-19-16)13-2-4-15(18)5-3-13/h2-5,7,9,11,17H,6,8,10H2,1H3. The smallest absolute Gasteiger partial charge is 0.131 e. The topological polar surface area (TPSA) is 32.7 Å². The molecule has 0 spiro atoms. The molecule has 0 fully saturated rings. The van der Waals surface area contributed by atoms with Crippen LogP contribution in [-0.4, -0.2) is 29.0 Å². The monoisotopic (exact) mass is 284 g/mol. The lowest BCUT2D eigenvalue weighted by Crippen LogP contribution is -2.34. The Kier molecular flexibility index (Phi) is 3.69. The number of Topliss-reactive ketones (excluding diaryl/α,β-unsaturated/α-hetero) is 1. The molecule has 0 N–H and O–H groups in total. The molecule has 3 rings (SSSR count). The Balaban J connectivity index is 1.76. The van der Waals surface area contributed by atoms with Gasteiger partial charge in [-0.05, 0) is 36.3 Å². The summed E-state index contributed by atoms with van der Waals surface area (Å²) >= 11 is 0. The number of halogens is 1. The summed E-state index contributed by atoms with van der Waals surface area (Å²) in [5, 5.41) is 0. The minimum atomic E-state index is -0.232. The fourth-order valence-corrected chi connectivity index (χ4v) is 2.69. The van der Waals surface area contributed by atoms with Crippen LogP contribution in [0.25, 0.3) is 5.57 Å². The second kappa shape index (κ2) is 5.64. The fourth-order valence-electron chi connectivity index (χ4n) is 2.69. The van der Waals surface area contributed by atoms with Crippen LogP contribution in [0.2, 0.25) is 0 Å². The summed E-state index contributed by atoms with van der Waals surface area (Å²) in [6, 6.07) is 6.69. The van der Waals surface area contributed by atoms with Crippen molar-refractivity contribution in [3.8, 4) is 0 Å². The van der Waals surface area contributed by atoms with Gasteiger partial charge in [-0.15, -0.1) is 0 Å². The molecule has 2 aliphatic heterocycles. The zero-order valence-corrected chi connectivity index (χ0v) is 11.9. The Morgan fingerprint density at radius 3 is 2.86 bits per heavy atom. The van der Waals surface area contributed by atoms with E-state index in [1.165, 1.54) is 12.1 Å². The summed E-state index contributed by atoms with van der Waals surface area (Å²) in [6.07, 6.45) is 7.24. The van der Waals surface area contributed by atoms with Gasteiger partial charge in [0, 0.05) is 31.8 Å². The Morgan fingerprint density at radius 2 is 2.14 bits per heavy atom. The third kappa shape index (κ3) is 2.94. The van der Waals surface area contributed by atoms with Gasteiger partial charge in [0.1, 0.15) is 11.6 Å². The van der Waals surface area contributed by atoms with E-state index in [-0.39, 0.29) is 17.6 Å². The van der Waals surface area contributed by atoms with Crippen molar-refractivity contribution in [2.75, 3.05) is 6.54 Å². The maximum absolute atomic E-state index is 13.0. The van der Waals surface area contributed by atoms with Crippen LogP contribution in [0, 0.1) is 5.82 Å². The van der Waals surface area contributed by atoms with E-state index < -0.39 is 0 Å². The van der Waals surface area contributed by atoms with Gasteiger partial charge < -0.3 is 4.90 Å². The molecule has 1 aromatic carbocycles. The molecule has 0 saturated carbocycles. The highest BCUT2D eigenvalue weighted by Gasteiger charge is 2.28. The summed E-state index contributed by atoms with van der Waals surface area (Å²) in [6.45, 7) is 2.33. The number of benzene rings is 1. The number of ketones is 1. The van der Waals surface area contributed by atoms with Crippen LogP contribution in [0.1, 0.15) is 25.3 Å². The Morgan fingerprint density at radius 1 is 1.38 bits per heavy atom. The van der Waals surface area contributed by atoms with E-state index >= 15 is 0 Å². The lowest BCUT2D eigenvalue weighted by Gasteiger charge is -2.28. The number of fused-ring (bicyclic) bond motifs is 1. The fraction of sp³-hybridized carbons (Fsp3) is 0.294. The number of hydrogen-bond acceptors (Lipinski definition) is 3. The van der Waals surface area contributed by atoms with E-state index in [1.54, 1.807) is 19.1 Å². The van der Waals surface area contributed by atoms with Gasteiger partial charge in [0.15, 0.2) is 0 Å². The Labute approximate surface area is 123 Å².